The van der Waals surface area contributed by atoms with E-state index in [4.69, 9.17) is 0 Å². The Morgan fingerprint density at radius 2 is 1.80 bits per heavy atom. The highest BCUT2D eigenvalue weighted by Gasteiger charge is 2.23. The van der Waals surface area contributed by atoms with Crippen LogP contribution in [0.3, 0.4) is 0 Å². The molecule has 5 N–H and O–H groups in total. The number of carboxylic acid groups (broad SMARTS) is 1. The van der Waals surface area contributed by atoms with Gasteiger partial charge in [0.05, 0.1) is 12.0 Å². The molecular formula is C26H22BrN3O5. The number of fused-ring (bicyclic) bond motifs is 1. The summed E-state index contributed by atoms with van der Waals surface area (Å²) in [6.45, 7) is 0. The van der Waals surface area contributed by atoms with E-state index in [0.29, 0.717) is 15.7 Å². The number of aromatic amines is 1. The van der Waals surface area contributed by atoms with Crippen LogP contribution in [0, 0.1) is 0 Å². The van der Waals surface area contributed by atoms with Crippen LogP contribution < -0.4 is 10.6 Å². The van der Waals surface area contributed by atoms with Crippen molar-refractivity contribution in [2.24, 2.45) is 0 Å². The lowest BCUT2D eigenvalue weighted by Gasteiger charge is -2.15. The minimum absolute atomic E-state index is 0.0718. The Morgan fingerprint density at radius 3 is 2.54 bits per heavy atom. The Balaban J connectivity index is 1.42. The minimum atomic E-state index is -1.14. The van der Waals surface area contributed by atoms with E-state index in [0.717, 1.165) is 16.5 Å². The lowest BCUT2D eigenvalue weighted by molar-refractivity contribution is -0.139. The number of aliphatic carboxylic acids is 1. The molecule has 1 atom stereocenters. The first kappa shape index (κ1) is 24.0. The van der Waals surface area contributed by atoms with Gasteiger partial charge in [0.2, 0.25) is 5.91 Å². The van der Waals surface area contributed by atoms with Crippen molar-refractivity contribution >= 4 is 50.3 Å². The number of carbonyl (C=O) groups excluding carboxylic acids is 2. The van der Waals surface area contributed by atoms with Crippen LogP contribution in [0.1, 0.15) is 21.5 Å². The highest BCUT2D eigenvalue weighted by Crippen LogP contribution is 2.23. The number of hydrogen-bond donors (Lipinski definition) is 5. The highest BCUT2D eigenvalue weighted by atomic mass is 79.9. The van der Waals surface area contributed by atoms with Crippen molar-refractivity contribution in [2.45, 2.75) is 18.9 Å². The van der Waals surface area contributed by atoms with Crippen LogP contribution >= 0.6 is 15.9 Å². The quantitative estimate of drug-likeness (QED) is 0.230. The normalized spacial score (nSPS) is 11.7. The van der Waals surface area contributed by atoms with Gasteiger partial charge in [-0.2, -0.15) is 0 Å². The number of para-hydroxylation sites is 1. The molecule has 0 radical (unpaired) electrons. The molecule has 1 heterocycles. The SMILES string of the molecule is O=C(Cc1cccc(O)c1)Nc1ccc(C(=O)N[C@@H](Cc2c[nH]c3ccccc23)C(=O)O)c(Br)c1. The van der Waals surface area contributed by atoms with E-state index in [1.54, 1.807) is 30.5 Å². The maximum atomic E-state index is 12.9. The van der Waals surface area contributed by atoms with Crippen LogP contribution in [0.4, 0.5) is 5.69 Å². The number of carboxylic acids is 1. The third kappa shape index (κ3) is 5.88. The average molecular weight is 536 g/mol. The topological polar surface area (TPSA) is 132 Å². The van der Waals surface area contributed by atoms with Crippen molar-refractivity contribution in [3.05, 3.63) is 94.1 Å². The van der Waals surface area contributed by atoms with E-state index >= 15 is 0 Å². The fraction of sp³-hybridized carbons (Fsp3) is 0.115. The summed E-state index contributed by atoms with van der Waals surface area (Å²) in [4.78, 5) is 40.2. The van der Waals surface area contributed by atoms with Gasteiger partial charge in [-0.15, -0.1) is 0 Å². The summed E-state index contributed by atoms with van der Waals surface area (Å²) >= 11 is 3.34. The van der Waals surface area contributed by atoms with Gasteiger partial charge in [0.25, 0.3) is 5.91 Å². The molecule has 0 saturated heterocycles. The molecule has 0 aliphatic carbocycles. The third-order valence-electron chi connectivity index (χ3n) is 5.48. The number of rotatable bonds is 8. The van der Waals surface area contributed by atoms with E-state index in [1.165, 1.54) is 18.2 Å². The fourth-order valence-corrected chi connectivity index (χ4v) is 4.35. The van der Waals surface area contributed by atoms with Gasteiger partial charge in [0, 0.05) is 33.7 Å². The Kier molecular flexibility index (Phi) is 7.17. The van der Waals surface area contributed by atoms with E-state index < -0.39 is 17.9 Å². The van der Waals surface area contributed by atoms with Gasteiger partial charge in [-0.3, -0.25) is 9.59 Å². The number of amides is 2. The molecule has 0 aliphatic heterocycles. The molecular weight excluding hydrogens is 514 g/mol. The first-order valence-corrected chi connectivity index (χ1v) is 11.6. The molecule has 4 rings (SSSR count). The number of carbonyl (C=O) groups is 3. The zero-order valence-electron chi connectivity index (χ0n) is 18.4. The smallest absolute Gasteiger partial charge is 0.326 e. The summed E-state index contributed by atoms with van der Waals surface area (Å²) in [7, 11) is 0. The van der Waals surface area contributed by atoms with E-state index in [1.807, 2.05) is 24.3 Å². The zero-order valence-corrected chi connectivity index (χ0v) is 20.0. The molecule has 0 spiro atoms. The van der Waals surface area contributed by atoms with Crippen molar-refractivity contribution in [1.82, 2.24) is 10.3 Å². The van der Waals surface area contributed by atoms with Crippen LogP contribution in [0.15, 0.2) is 77.4 Å². The van der Waals surface area contributed by atoms with Gasteiger partial charge in [-0.1, -0.05) is 30.3 Å². The largest absolute Gasteiger partial charge is 0.508 e. The molecule has 3 aromatic carbocycles. The lowest BCUT2D eigenvalue weighted by atomic mass is 10.0. The number of H-pyrrole nitrogens is 1. The molecule has 0 aliphatic rings. The molecule has 0 bridgehead atoms. The molecule has 0 saturated carbocycles. The second-order valence-corrected chi connectivity index (χ2v) is 8.87. The number of anilines is 1. The maximum Gasteiger partial charge on any atom is 0.326 e. The summed E-state index contributed by atoms with van der Waals surface area (Å²) in [5.74, 6) is -1.90. The minimum Gasteiger partial charge on any atom is -0.508 e. The van der Waals surface area contributed by atoms with Gasteiger partial charge < -0.3 is 25.8 Å². The van der Waals surface area contributed by atoms with Crippen LogP contribution in [0.2, 0.25) is 0 Å². The zero-order chi connectivity index (χ0) is 24.9. The van der Waals surface area contributed by atoms with Gasteiger partial charge in [-0.05, 0) is 63.5 Å². The number of halogens is 1. The molecule has 8 nitrogen and oxygen atoms in total. The van der Waals surface area contributed by atoms with Gasteiger partial charge in [-0.25, -0.2) is 4.79 Å². The molecule has 2 amide bonds. The summed E-state index contributed by atoms with van der Waals surface area (Å²) in [5, 5.41) is 25.5. The Labute approximate surface area is 209 Å². The molecule has 178 valence electrons. The van der Waals surface area contributed by atoms with Crippen molar-refractivity contribution in [3.63, 3.8) is 0 Å². The number of nitrogens with one attached hydrogen (secondary N) is 3. The first-order chi connectivity index (χ1) is 16.8. The summed E-state index contributed by atoms with van der Waals surface area (Å²) in [6.07, 6.45) is 1.94. The maximum absolute atomic E-state index is 12.9. The van der Waals surface area contributed by atoms with E-state index in [9.17, 15) is 24.6 Å². The number of phenols is 1. The van der Waals surface area contributed by atoms with Crippen LogP contribution in [-0.2, 0) is 22.4 Å². The Hall–Kier alpha value is -4.11. The average Bonchev–Trinajstić information content (AvgIpc) is 3.21. The van der Waals surface area contributed by atoms with Crippen LogP contribution in [0.25, 0.3) is 10.9 Å². The summed E-state index contributed by atoms with van der Waals surface area (Å²) < 4.78 is 0.404. The second-order valence-electron chi connectivity index (χ2n) is 8.02. The van der Waals surface area contributed by atoms with Gasteiger partial charge in [0.15, 0.2) is 0 Å². The highest BCUT2D eigenvalue weighted by molar-refractivity contribution is 9.10. The summed E-state index contributed by atoms with van der Waals surface area (Å²) in [5.41, 5.74) is 3.04. The monoisotopic (exact) mass is 535 g/mol. The Morgan fingerprint density at radius 1 is 1.00 bits per heavy atom. The molecule has 1 aromatic heterocycles. The van der Waals surface area contributed by atoms with E-state index in [-0.39, 0.29) is 30.1 Å². The molecule has 0 unspecified atom stereocenters. The van der Waals surface area contributed by atoms with Crippen molar-refractivity contribution < 1.29 is 24.6 Å². The molecule has 4 aromatic rings. The number of benzene rings is 3. The predicted octanol–water partition coefficient (Wildman–Crippen LogP) is 4.24. The number of aromatic nitrogens is 1. The Bertz CT molecular complexity index is 1420. The van der Waals surface area contributed by atoms with Crippen molar-refractivity contribution in [2.75, 3.05) is 5.32 Å². The predicted molar refractivity (Wildman–Crippen MR) is 135 cm³/mol. The fourth-order valence-electron chi connectivity index (χ4n) is 3.79. The molecule has 35 heavy (non-hydrogen) atoms. The van der Waals surface area contributed by atoms with Crippen molar-refractivity contribution in [3.8, 4) is 5.75 Å². The molecule has 9 heteroatoms. The standard InChI is InChI=1S/C26H22BrN3O5/c27-21-13-17(29-24(32)11-15-4-3-5-18(31)10-15)8-9-20(21)25(33)30-23(26(34)35)12-16-14-28-22-7-2-1-6-19(16)22/h1-10,13-14,23,28,31H,11-12H2,(H,29,32)(H,30,33)(H,34,35)/t23-/m0/s1. The number of aromatic hydroxyl groups is 1. The third-order valence-corrected chi connectivity index (χ3v) is 6.13. The van der Waals surface area contributed by atoms with Gasteiger partial charge in [0.1, 0.15) is 11.8 Å². The summed E-state index contributed by atoms with van der Waals surface area (Å²) in [6, 6.07) is 17.5. The van der Waals surface area contributed by atoms with E-state index in [2.05, 4.69) is 31.5 Å². The number of phenolic OH excluding ortho intramolecular Hbond substituents is 1. The molecule has 0 fully saturated rings. The first-order valence-electron chi connectivity index (χ1n) is 10.8. The lowest BCUT2D eigenvalue weighted by Crippen LogP contribution is -2.42. The van der Waals surface area contributed by atoms with Crippen LogP contribution in [-0.4, -0.2) is 39.0 Å². The van der Waals surface area contributed by atoms with Gasteiger partial charge >= 0.3 is 5.97 Å². The number of hydrogen-bond acceptors (Lipinski definition) is 4. The van der Waals surface area contributed by atoms with Crippen molar-refractivity contribution in [1.29, 1.82) is 0 Å². The van der Waals surface area contributed by atoms with Crippen LogP contribution in [0.5, 0.6) is 5.75 Å². The second kappa shape index (κ2) is 10.4.